The molecule has 2 rings (SSSR count). The van der Waals surface area contributed by atoms with Gasteiger partial charge in [0, 0.05) is 35.2 Å². The third kappa shape index (κ3) is 6.37. The van der Waals surface area contributed by atoms with Gasteiger partial charge < -0.3 is 14.8 Å². The zero-order valence-electron chi connectivity index (χ0n) is 16.2. The topological polar surface area (TPSA) is 89.0 Å². The number of amides is 2. The first-order valence-corrected chi connectivity index (χ1v) is 9.39. The molecule has 0 fully saturated rings. The van der Waals surface area contributed by atoms with Crippen molar-refractivity contribution in [2.24, 2.45) is 5.10 Å². The van der Waals surface area contributed by atoms with E-state index in [4.69, 9.17) is 32.7 Å². The lowest BCUT2D eigenvalue weighted by atomic mass is 10.2. The number of carbonyl (C=O) groups excluding carboxylic acids is 2. The number of rotatable bonds is 8. The molecular weight excluding hydrogens is 417 g/mol. The summed E-state index contributed by atoms with van der Waals surface area (Å²) in [7, 11) is 3.01. The molecule has 0 saturated heterocycles. The van der Waals surface area contributed by atoms with E-state index in [1.54, 1.807) is 37.3 Å². The van der Waals surface area contributed by atoms with E-state index in [9.17, 15) is 9.59 Å². The molecule has 154 valence electrons. The van der Waals surface area contributed by atoms with Crippen molar-refractivity contribution in [2.45, 2.75) is 19.8 Å². The minimum Gasteiger partial charge on any atom is -0.493 e. The molecule has 7 nitrogen and oxygen atoms in total. The van der Waals surface area contributed by atoms with Gasteiger partial charge in [-0.25, -0.2) is 5.43 Å². The highest BCUT2D eigenvalue weighted by atomic mass is 35.5. The fourth-order valence-corrected chi connectivity index (χ4v) is 2.76. The number of anilines is 1. The molecule has 0 bridgehead atoms. The number of methoxy groups -OCH3 is 2. The van der Waals surface area contributed by atoms with Crippen molar-refractivity contribution >= 4 is 46.9 Å². The van der Waals surface area contributed by atoms with E-state index in [-0.39, 0.29) is 18.7 Å². The van der Waals surface area contributed by atoms with Crippen molar-refractivity contribution in [3.05, 3.63) is 51.5 Å². The van der Waals surface area contributed by atoms with Crippen LogP contribution in [0, 0.1) is 6.92 Å². The van der Waals surface area contributed by atoms with Crippen LogP contribution >= 0.6 is 23.2 Å². The minimum absolute atomic E-state index is 0.00439. The first-order chi connectivity index (χ1) is 13.8. The standard InChI is InChI=1S/C20H21Cl2N3O4/c1-12-14(21)5-4-6-16(12)24-19(26)7-8-20(27)25-23-11-13-9-17(28-2)18(29-3)10-15(13)22/h4-6,9-11H,7-8H2,1-3H3,(H,24,26)(H,25,27)/b23-11+. The first kappa shape index (κ1) is 22.5. The molecule has 0 aromatic heterocycles. The molecule has 0 saturated carbocycles. The third-order valence-electron chi connectivity index (χ3n) is 4.02. The van der Waals surface area contributed by atoms with Gasteiger partial charge in [-0.1, -0.05) is 29.3 Å². The molecule has 0 radical (unpaired) electrons. The summed E-state index contributed by atoms with van der Waals surface area (Å²) in [6.45, 7) is 1.80. The van der Waals surface area contributed by atoms with E-state index in [1.165, 1.54) is 20.4 Å². The summed E-state index contributed by atoms with van der Waals surface area (Å²) in [5.41, 5.74) is 4.29. The molecule has 0 spiro atoms. The van der Waals surface area contributed by atoms with Crippen LogP contribution in [0.2, 0.25) is 10.0 Å². The summed E-state index contributed by atoms with van der Waals surface area (Å²) in [5, 5.41) is 7.55. The first-order valence-electron chi connectivity index (χ1n) is 8.64. The predicted octanol–water partition coefficient (Wildman–Crippen LogP) is 4.19. The zero-order valence-corrected chi connectivity index (χ0v) is 17.7. The number of carbonyl (C=O) groups is 2. The van der Waals surface area contributed by atoms with E-state index in [2.05, 4.69) is 15.8 Å². The Balaban J connectivity index is 1.87. The van der Waals surface area contributed by atoms with Crippen LogP contribution in [0.3, 0.4) is 0 Å². The smallest absolute Gasteiger partial charge is 0.240 e. The van der Waals surface area contributed by atoms with Crippen molar-refractivity contribution in [3.8, 4) is 11.5 Å². The summed E-state index contributed by atoms with van der Waals surface area (Å²) >= 11 is 12.2. The summed E-state index contributed by atoms with van der Waals surface area (Å²) < 4.78 is 10.4. The van der Waals surface area contributed by atoms with Gasteiger partial charge in [0.1, 0.15) is 0 Å². The fraction of sp³-hybridized carbons (Fsp3) is 0.250. The number of halogens is 2. The Morgan fingerprint density at radius 1 is 1.03 bits per heavy atom. The van der Waals surface area contributed by atoms with Crippen LogP contribution in [0.5, 0.6) is 11.5 Å². The second-order valence-corrected chi connectivity index (χ2v) is 6.80. The fourth-order valence-electron chi connectivity index (χ4n) is 2.38. The number of ether oxygens (including phenoxy) is 2. The monoisotopic (exact) mass is 437 g/mol. The molecular formula is C20H21Cl2N3O4. The molecule has 0 aliphatic carbocycles. The van der Waals surface area contributed by atoms with E-state index < -0.39 is 5.91 Å². The molecule has 2 N–H and O–H groups in total. The lowest BCUT2D eigenvalue weighted by Crippen LogP contribution is -2.21. The van der Waals surface area contributed by atoms with Crippen molar-refractivity contribution < 1.29 is 19.1 Å². The summed E-state index contributed by atoms with van der Waals surface area (Å²) in [6, 6.07) is 8.45. The van der Waals surface area contributed by atoms with Gasteiger partial charge in [0.25, 0.3) is 0 Å². The molecule has 0 aliphatic heterocycles. The highest BCUT2D eigenvalue weighted by Gasteiger charge is 2.10. The van der Waals surface area contributed by atoms with Crippen LogP contribution in [0.15, 0.2) is 35.4 Å². The van der Waals surface area contributed by atoms with Gasteiger partial charge in [-0.3, -0.25) is 9.59 Å². The average molecular weight is 438 g/mol. The maximum atomic E-state index is 12.0. The number of hydrazone groups is 1. The number of nitrogens with zero attached hydrogens (tertiary/aromatic N) is 1. The molecule has 2 amide bonds. The van der Waals surface area contributed by atoms with Crippen LogP contribution in [-0.2, 0) is 9.59 Å². The Kier molecular flexibility index (Phi) is 8.30. The lowest BCUT2D eigenvalue weighted by molar-refractivity contribution is -0.124. The number of hydrogen-bond donors (Lipinski definition) is 2. The summed E-state index contributed by atoms with van der Waals surface area (Å²) in [6.07, 6.45) is 1.37. The highest BCUT2D eigenvalue weighted by Crippen LogP contribution is 2.32. The van der Waals surface area contributed by atoms with Gasteiger partial charge in [0.2, 0.25) is 11.8 Å². The molecule has 0 heterocycles. The highest BCUT2D eigenvalue weighted by molar-refractivity contribution is 6.33. The summed E-state index contributed by atoms with van der Waals surface area (Å²) in [4.78, 5) is 24.0. The van der Waals surface area contributed by atoms with Gasteiger partial charge in [0.05, 0.1) is 25.5 Å². The molecule has 2 aromatic carbocycles. The molecule has 9 heteroatoms. The second-order valence-electron chi connectivity index (χ2n) is 5.98. The average Bonchev–Trinajstić information content (AvgIpc) is 2.70. The SMILES string of the molecule is COc1cc(Cl)c(/C=N/NC(=O)CCC(=O)Nc2cccc(Cl)c2C)cc1OC. The van der Waals surface area contributed by atoms with Crippen LogP contribution in [0.25, 0.3) is 0 Å². The van der Waals surface area contributed by atoms with Crippen LogP contribution in [-0.4, -0.2) is 32.2 Å². The Morgan fingerprint density at radius 2 is 1.69 bits per heavy atom. The zero-order chi connectivity index (χ0) is 21.4. The Bertz CT molecular complexity index is 932. The number of benzene rings is 2. The maximum Gasteiger partial charge on any atom is 0.240 e. The number of hydrogen-bond acceptors (Lipinski definition) is 5. The Labute approximate surface area is 179 Å². The maximum absolute atomic E-state index is 12.0. The Morgan fingerprint density at radius 3 is 2.38 bits per heavy atom. The van der Waals surface area contributed by atoms with Gasteiger partial charge in [-0.15, -0.1) is 0 Å². The summed E-state index contributed by atoms with van der Waals surface area (Å²) in [5.74, 6) is 0.269. The van der Waals surface area contributed by atoms with Crippen LogP contribution in [0.1, 0.15) is 24.0 Å². The van der Waals surface area contributed by atoms with E-state index in [1.807, 2.05) is 0 Å². The van der Waals surface area contributed by atoms with Crippen molar-refractivity contribution in [1.29, 1.82) is 0 Å². The van der Waals surface area contributed by atoms with Crippen molar-refractivity contribution in [2.75, 3.05) is 19.5 Å². The number of nitrogens with one attached hydrogen (secondary N) is 2. The predicted molar refractivity (Wildman–Crippen MR) is 114 cm³/mol. The van der Waals surface area contributed by atoms with Crippen molar-refractivity contribution in [3.63, 3.8) is 0 Å². The molecule has 0 aliphatic rings. The van der Waals surface area contributed by atoms with Gasteiger partial charge >= 0.3 is 0 Å². The van der Waals surface area contributed by atoms with Gasteiger partial charge in [-0.2, -0.15) is 5.10 Å². The van der Waals surface area contributed by atoms with Crippen LogP contribution in [0.4, 0.5) is 5.69 Å². The van der Waals surface area contributed by atoms with Gasteiger partial charge in [-0.05, 0) is 30.7 Å². The Hall–Kier alpha value is -2.77. The largest absolute Gasteiger partial charge is 0.493 e. The van der Waals surface area contributed by atoms with Crippen LogP contribution < -0.4 is 20.2 Å². The molecule has 0 atom stereocenters. The van der Waals surface area contributed by atoms with Gasteiger partial charge in [0.15, 0.2) is 11.5 Å². The van der Waals surface area contributed by atoms with E-state index in [0.29, 0.717) is 32.8 Å². The third-order valence-corrected chi connectivity index (χ3v) is 4.75. The molecule has 29 heavy (non-hydrogen) atoms. The van der Waals surface area contributed by atoms with Crippen molar-refractivity contribution in [1.82, 2.24) is 5.43 Å². The lowest BCUT2D eigenvalue weighted by Gasteiger charge is -2.09. The van der Waals surface area contributed by atoms with E-state index >= 15 is 0 Å². The normalized spacial score (nSPS) is 10.7. The molecule has 0 unspecified atom stereocenters. The quantitative estimate of drug-likeness (QED) is 0.478. The molecule has 2 aromatic rings. The minimum atomic E-state index is -0.407. The second kappa shape index (κ2) is 10.7. The van der Waals surface area contributed by atoms with E-state index in [0.717, 1.165) is 5.56 Å².